The van der Waals surface area contributed by atoms with E-state index in [0.29, 0.717) is 5.03 Å². The quantitative estimate of drug-likeness (QED) is 0.0802. The Morgan fingerprint density at radius 2 is 1.88 bits per heavy atom. The van der Waals surface area contributed by atoms with E-state index >= 15 is 0 Å². The third kappa shape index (κ3) is 10.9. The number of hydrogen-bond donors (Lipinski definition) is 0. The lowest BCUT2D eigenvalue weighted by atomic mass is 10.1. The molecule has 9 heteroatoms. The summed E-state index contributed by atoms with van der Waals surface area (Å²) in [7, 11) is 2.66. The highest BCUT2D eigenvalue weighted by molar-refractivity contribution is 8.76. The van der Waals surface area contributed by atoms with Gasteiger partial charge < -0.3 is 4.74 Å². The van der Waals surface area contributed by atoms with Crippen LogP contribution in [0.3, 0.4) is 0 Å². The van der Waals surface area contributed by atoms with Gasteiger partial charge in [-0.3, -0.25) is 10.1 Å². The molecule has 26 heavy (non-hydrogen) atoms. The predicted molar refractivity (Wildman–Crippen MR) is 108 cm³/mol. The fourth-order valence-electron chi connectivity index (χ4n) is 2.31. The molecule has 1 aromatic heterocycles. The van der Waals surface area contributed by atoms with Crippen LogP contribution >= 0.6 is 33.2 Å². The van der Waals surface area contributed by atoms with Crippen molar-refractivity contribution in [3.63, 3.8) is 0 Å². The first-order valence-corrected chi connectivity index (χ1v) is 11.4. The molecular formula is C17H25ClN2O4S2. The first-order chi connectivity index (χ1) is 12.5. The summed E-state index contributed by atoms with van der Waals surface area (Å²) in [6, 6.07) is 2.97. The molecule has 1 atom stereocenters. The fourth-order valence-corrected chi connectivity index (χ4v) is 4.60. The average Bonchev–Trinajstić information content (AvgIpc) is 2.61. The van der Waals surface area contributed by atoms with E-state index in [9.17, 15) is 14.9 Å². The molecule has 0 spiro atoms. The van der Waals surface area contributed by atoms with E-state index in [4.69, 9.17) is 16.3 Å². The summed E-state index contributed by atoms with van der Waals surface area (Å²) in [4.78, 5) is 25.2. The van der Waals surface area contributed by atoms with Gasteiger partial charge in [-0.25, -0.2) is 9.78 Å². The van der Waals surface area contributed by atoms with Crippen LogP contribution in [0, 0.1) is 10.1 Å². The molecule has 1 rings (SSSR count). The van der Waals surface area contributed by atoms with E-state index in [2.05, 4.69) is 11.9 Å². The Labute approximate surface area is 167 Å². The zero-order chi connectivity index (χ0) is 19.2. The van der Waals surface area contributed by atoms with E-state index in [0.717, 1.165) is 19.3 Å². The summed E-state index contributed by atoms with van der Waals surface area (Å²) in [6.07, 6.45) is 11.6. The number of hydrogen-bond acceptors (Lipinski definition) is 7. The van der Waals surface area contributed by atoms with Gasteiger partial charge in [0.05, 0.1) is 4.92 Å². The van der Waals surface area contributed by atoms with Crippen molar-refractivity contribution in [1.29, 1.82) is 0 Å². The topological polar surface area (TPSA) is 82.3 Å². The van der Waals surface area contributed by atoms with Crippen LogP contribution in [0.25, 0.3) is 0 Å². The van der Waals surface area contributed by atoms with E-state index in [1.165, 1.54) is 72.4 Å². The molecule has 0 fully saturated rings. The highest BCUT2D eigenvalue weighted by Crippen LogP contribution is 2.36. The van der Waals surface area contributed by atoms with Gasteiger partial charge in [-0.05, 0) is 40.5 Å². The number of pyridine rings is 1. The number of unbranched alkanes of at least 4 members (excludes halogenated alkanes) is 7. The number of nitrogens with zero attached hydrogens (tertiary/aromatic N) is 2. The minimum atomic E-state index is -0.820. The van der Waals surface area contributed by atoms with Crippen LogP contribution in [0.2, 0.25) is 0 Å². The summed E-state index contributed by atoms with van der Waals surface area (Å²) in [5, 5.41) is 11.2. The molecule has 1 aromatic rings. The van der Waals surface area contributed by atoms with Gasteiger partial charge in [0.1, 0.15) is 11.2 Å². The van der Waals surface area contributed by atoms with Crippen molar-refractivity contribution in [2.75, 3.05) is 0 Å². The lowest BCUT2D eigenvalue weighted by Crippen LogP contribution is -2.09. The molecule has 0 radical (unpaired) electrons. The maximum atomic E-state index is 11.1. The molecule has 0 amide bonds. The van der Waals surface area contributed by atoms with Crippen molar-refractivity contribution in [3.8, 4) is 0 Å². The Bertz CT molecular complexity index is 546. The molecule has 1 heterocycles. The van der Waals surface area contributed by atoms with Crippen molar-refractivity contribution >= 4 is 44.3 Å². The van der Waals surface area contributed by atoms with Crippen LogP contribution in [0.1, 0.15) is 64.7 Å². The first-order valence-electron chi connectivity index (χ1n) is 8.82. The Balaban J connectivity index is 2.30. The van der Waals surface area contributed by atoms with Gasteiger partial charge in [0.25, 0.3) is 5.69 Å². The molecule has 1 unspecified atom stereocenters. The molecular weight excluding hydrogens is 396 g/mol. The zero-order valence-electron chi connectivity index (χ0n) is 14.9. The summed E-state index contributed by atoms with van der Waals surface area (Å²) in [5.41, 5.74) is -1.23. The minimum absolute atomic E-state index is 0.0537. The Hall–Kier alpha value is -0.990. The van der Waals surface area contributed by atoms with Crippen LogP contribution in [-0.4, -0.2) is 20.8 Å². The van der Waals surface area contributed by atoms with E-state index in [-0.39, 0.29) is 11.1 Å². The number of carbonyl (C=O) groups excluding carboxylic acids is 1. The molecule has 0 aliphatic carbocycles. The molecule has 0 saturated carbocycles. The number of halogens is 1. The zero-order valence-corrected chi connectivity index (χ0v) is 17.3. The lowest BCUT2D eigenvalue weighted by Gasteiger charge is -2.14. The minimum Gasteiger partial charge on any atom is -0.438 e. The Morgan fingerprint density at radius 1 is 1.23 bits per heavy atom. The second kappa shape index (κ2) is 14.1. The van der Waals surface area contributed by atoms with Gasteiger partial charge in [0.2, 0.25) is 0 Å². The van der Waals surface area contributed by atoms with Crippen molar-refractivity contribution < 1.29 is 14.5 Å². The van der Waals surface area contributed by atoms with Gasteiger partial charge in [0, 0.05) is 17.7 Å². The highest BCUT2D eigenvalue weighted by Gasteiger charge is 2.15. The van der Waals surface area contributed by atoms with Crippen LogP contribution in [0.4, 0.5) is 10.5 Å². The van der Waals surface area contributed by atoms with Crippen LogP contribution in [0.15, 0.2) is 23.4 Å². The molecule has 0 bridgehead atoms. The maximum absolute atomic E-state index is 11.1. The molecule has 0 aliphatic rings. The smallest absolute Gasteiger partial charge is 0.404 e. The van der Waals surface area contributed by atoms with Gasteiger partial charge in [0.15, 0.2) is 5.44 Å². The fraction of sp³-hybridized carbons (Fsp3) is 0.647. The SMILES string of the molecule is CCCCCCCCCCC(OC(=O)Cl)SSc1ccc([N+](=O)[O-])cn1. The van der Waals surface area contributed by atoms with Gasteiger partial charge in [-0.2, -0.15) is 0 Å². The van der Waals surface area contributed by atoms with Gasteiger partial charge in [-0.15, -0.1) is 0 Å². The number of rotatable bonds is 14. The molecule has 0 aromatic carbocycles. The van der Waals surface area contributed by atoms with Gasteiger partial charge in [-0.1, -0.05) is 51.9 Å². The van der Waals surface area contributed by atoms with Crippen LogP contribution in [-0.2, 0) is 4.74 Å². The van der Waals surface area contributed by atoms with Crippen molar-refractivity contribution in [2.45, 2.75) is 75.2 Å². The summed E-state index contributed by atoms with van der Waals surface area (Å²) in [6.45, 7) is 2.21. The van der Waals surface area contributed by atoms with E-state index in [1.807, 2.05) is 0 Å². The van der Waals surface area contributed by atoms with Crippen molar-refractivity contribution in [2.24, 2.45) is 0 Å². The average molecular weight is 421 g/mol. The first kappa shape index (κ1) is 23.0. The largest absolute Gasteiger partial charge is 0.438 e. The monoisotopic (exact) mass is 420 g/mol. The molecule has 146 valence electrons. The molecule has 0 aliphatic heterocycles. The summed E-state index contributed by atoms with van der Waals surface area (Å²) >= 11 is 5.35. The Kier molecular flexibility index (Phi) is 12.5. The Morgan fingerprint density at radius 3 is 2.42 bits per heavy atom. The van der Waals surface area contributed by atoms with Gasteiger partial charge >= 0.3 is 5.43 Å². The number of nitro groups is 1. The number of carbonyl (C=O) groups is 1. The van der Waals surface area contributed by atoms with Crippen LogP contribution < -0.4 is 0 Å². The molecule has 0 saturated heterocycles. The summed E-state index contributed by atoms with van der Waals surface area (Å²) < 4.78 is 5.13. The molecule has 6 nitrogen and oxygen atoms in total. The predicted octanol–water partition coefficient (Wildman–Crippen LogP) is 6.96. The molecule has 0 N–H and O–H groups in total. The number of ether oxygens (including phenoxy) is 1. The van der Waals surface area contributed by atoms with Crippen molar-refractivity contribution in [1.82, 2.24) is 4.98 Å². The second-order valence-corrected chi connectivity index (χ2v) is 8.53. The normalized spacial score (nSPS) is 11.9. The van der Waals surface area contributed by atoms with Crippen molar-refractivity contribution in [3.05, 3.63) is 28.4 Å². The lowest BCUT2D eigenvalue weighted by molar-refractivity contribution is -0.385. The second-order valence-electron chi connectivity index (χ2n) is 5.84. The standard InChI is InChI=1S/C17H25ClN2O4S2/c1-2-3-4-5-6-7-8-9-10-16(24-17(18)21)26-25-15-12-11-14(13-19-15)20(22)23/h11-13,16H,2-10H2,1H3. The third-order valence-electron chi connectivity index (χ3n) is 3.69. The highest BCUT2D eigenvalue weighted by atomic mass is 35.5. The van der Waals surface area contributed by atoms with E-state index < -0.39 is 10.4 Å². The van der Waals surface area contributed by atoms with Crippen LogP contribution in [0.5, 0.6) is 0 Å². The summed E-state index contributed by atoms with van der Waals surface area (Å²) in [5.74, 6) is 0. The maximum Gasteiger partial charge on any atom is 0.404 e. The van der Waals surface area contributed by atoms with E-state index in [1.54, 1.807) is 6.07 Å². The number of aromatic nitrogens is 1. The third-order valence-corrected chi connectivity index (χ3v) is 6.28.